The van der Waals surface area contributed by atoms with Gasteiger partial charge in [-0.1, -0.05) is 24.3 Å². The van der Waals surface area contributed by atoms with Crippen molar-refractivity contribution in [2.75, 3.05) is 0 Å². The Balaban J connectivity index is 2.91. The fraction of sp³-hybridized carbons (Fsp3) is 0.333. The highest BCUT2D eigenvalue weighted by molar-refractivity contribution is 5.77. The molecule has 1 rings (SSSR count). The van der Waals surface area contributed by atoms with E-state index >= 15 is 0 Å². The van der Waals surface area contributed by atoms with E-state index in [0.717, 1.165) is 0 Å². The Bertz CT molecular complexity index is 355. The van der Waals surface area contributed by atoms with Crippen LogP contribution in [0.2, 0.25) is 0 Å². The van der Waals surface area contributed by atoms with Gasteiger partial charge in [-0.25, -0.2) is 0 Å². The fourth-order valence-electron chi connectivity index (χ4n) is 1.36. The first-order valence-electron chi connectivity index (χ1n) is 4.99. The van der Waals surface area contributed by atoms with Crippen LogP contribution in [-0.4, -0.2) is 22.2 Å². The van der Waals surface area contributed by atoms with Gasteiger partial charge < -0.3 is 10.2 Å². The van der Waals surface area contributed by atoms with Gasteiger partial charge in [-0.15, -0.1) is 0 Å². The van der Waals surface area contributed by atoms with Crippen LogP contribution in [-0.2, 0) is 9.59 Å². The first-order valence-corrected chi connectivity index (χ1v) is 4.99. The lowest BCUT2D eigenvalue weighted by atomic mass is 9.96. The molecule has 0 aromatic heterocycles. The molecule has 1 aromatic carbocycles. The number of hydrogen-bond donors (Lipinski definition) is 2. The highest BCUT2D eigenvalue weighted by atomic mass is 16.4. The van der Waals surface area contributed by atoms with Crippen LogP contribution in [0, 0.1) is 0 Å². The number of benzene rings is 1. The SMILES string of the molecule is CC(C(=O)O)c1ccc(C(C)C(=O)O)cc1. The zero-order chi connectivity index (χ0) is 12.3. The minimum Gasteiger partial charge on any atom is -0.481 e. The van der Waals surface area contributed by atoms with Crippen LogP contribution >= 0.6 is 0 Å². The van der Waals surface area contributed by atoms with Crippen LogP contribution in [0.15, 0.2) is 24.3 Å². The van der Waals surface area contributed by atoms with Crippen molar-refractivity contribution in [3.63, 3.8) is 0 Å². The Kier molecular flexibility index (Phi) is 3.66. The Morgan fingerprint density at radius 2 is 1.12 bits per heavy atom. The van der Waals surface area contributed by atoms with Gasteiger partial charge in [0.25, 0.3) is 0 Å². The third-order valence-electron chi connectivity index (χ3n) is 2.68. The summed E-state index contributed by atoms with van der Waals surface area (Å²) in [4.78, 5) is 21.5. The average molecular weight is 222 g/mol. The average Bonchev–Trinajstić information content (AvgIpc) is 2.27. The van der Waals surface area contributed by atoms with Crippen LogP contribution in [0.25, 0.3) is 0 Å². The second-order valence-electron chi connectivity index (χ2n) is 3.79. The maximum atomic E-state index is 10.7. The predicted octanol–water partition coefficient (Wildman–Crippen LogP) is 2.06. The van der Waals surface area contributed by atoms with Crippen molar-refractivity contribution in [1.82, 2.24) is 0 Å². The standard InChI is InChI=1S/C12H14O4/c1-7(11(13)14)9-3-5-10(6-4-9)8(2)12(15)16/h3-8H,1-2H3,(H,13,14)(H,15,16). The molecule has 0 spiro atoms. The van der Waals surface area contributed by atoms with Crippen LogP contribution in [0.1, 0.15) is 36.8 Å². The normalized spacial score (nSPS) is 14.1. The van der Waals surface area contributed by atoms with Gasteiger partial charge in [0.05, 0.1) is 11.8 Å². The summed E-state index contributed by atoms with van der Waals surface area (Å²) in [5.74, 6) is -2.93. The highest BCUT2D eigenvalue weighted by Gasteiger charge is 2.16. The Morgan fingerprint density at radius 3 is 1.31 bits per heavy atom. The third kappa shape index (κ3) is 2.59. The molecule has 4 heteroatoms. The molecule has 0 aliphatic rings. The van der Waals surface area contributed by atoms with E-state index in [0.29, 0.717) is 11.1 Å². The molecule has 0 saturated heterocycles. The first-order chi connectivity index (χ1) is 7.43. The Hall–Kier alpha value is -1.84. The highest BCUT2D eigenvalue weighted by Crippen LogP contribution is 2.20. The van der Waals surface area contributed by atoms with E-state index in [2.05, 4.69) is 0 Å². The Morgan fingerprint density at radius 1 is 0.875 bits per heavy atom. The summed E-state index contributed by atoms with van der Waals surface area (Å²) in [6.45, 7) is 3.19. The van der Waals surface area contributed by atoms with Crippen molar-refractivity contribution in [3.05, 3.63) is 35.4 Å². The second-order valence-corrected chi connectivity index (χ2v) is 3.79. The second kappa shape index (κ2) is 4.79. The lowest BCUT2D eigenvalue weighted by Gasteiger charge is -2.10. The van der Waals surface area contributed by atoms with Crippen molar-refractivity contribution in [1.29, 1.82) is 0 Å². The third-order valence-corrected chi connectivity index (χ3v) is 2.68. The van der Waals surface area contributed by atoms with E-state index in [9.17, 15) is 9.59 Å². The summed E-state index contributed by atoms with van der Waals surface area (Å²) in [6, 6.07) is 6.64. The summed E-state index contributed by atoms with van der Waals surface area (Å²) >= 11 is 0. The van der Waals surface area contributed by atoms with E-state index in [1.165, 1.54) is 0 Å². The molecule has 0 aliphatic heterocycles. The van der Waals surface area contributed by atoms with E-state index in [-0.39, 0.29) is 0 Å². The number of rotatable bonds is 4. The van der Waals surface area contributed by atoms with Crippen LogP contribution in [0.3, 0.4) is 0 Å². The molecule has 2 atom stereocenters. The molecular weight excluding hydrogens is 208 g/mol. The number of carboxylic acid groups (broad SMARTS) is 2. The van der Waals surface area contributed by atoms with Gasteiger partial charge in [0.1, 0.15) is 0 Å². The van der Waals surface area contributed by atoms with Gasteiger partial charge in [-0.2, -0.15) is 0 Å². The summed E-state index contributed by atoms with van der Waals surface area (Å²) in [5.41, 5.74) is 1.35. The van der Waals surface area contributed by atoms with Gasteiger partial charge in [0, 0.05) is 0 Å². The van der Waals surface area contributed by atoms with Crippen LogP contribution in [0.4, 0.5) is 0 Å². The molecule has 16 heavy (non-hydrogen) atoms. The van der Waals surface area contributed by atoms with E-state index in [1.807, 2.05) is 0 Å². The summed E-state index contributed by atoms with van der Waals surface area (Å²) in [5, 5.41) is 17.6. The maximum Gasteiger partial charge on any atom is 0.310 e. The monoisotopic (exact) mass is 222 g/mol. The summed E-state index contributed by atoms with van der Waals surface area (Å²) in [6.07, 6.45) is 0. The quantitative estimate of drug-likeness (QED) is 0.817. The maximum absolute atomic E-state index is 10.7. The van der Waals surface area contributed by atoms with E-state index in [4.69, 9.17) is 10.2 Å². The Labute approximate surface area is 93.5 Å². The molecule has 0 amide bonds. The van der Waals surface area contributed by atoms with Crippen molar-refractivity contribution < 1.29 is 19.8 Å². The van der Waals surface area contributed by atoms with Crippen LogP contribution in [0.5, 0.6) is 0 Å². The van der Waals surface area contributed by atoms with Crippen molar-refractivity contribution in [3.8, 4) is 0 Å². The van der Waals surface area contributed by atoms with Gasteiger partial charge in [-0.05, 0) is 25.0 Å². The summed E-state index contributed by atoms with van der Waals surface area (Å²) < 4.78 is 0. The molecule has 1 aromatic rings. The van der Waals surface area contributed by atoms with Gasteiger partial charge in [0.2, 0.25) is 0 Å². The zero-order valence-electron chi connectivity index (χ0n) is 9.18. The number of aliphatic carboxylic acids is 2. The molecule has 2 unspecified atom stereocenters. The van der Waals surface area contributed by atoms with Gasteiger partial charge in [-0.3, -0.25) is 9.59 Å². The fourth-order valence-corrected chi connectivity index (χ4v) is 1.36. The molecule has 0 radical (unpaired) electrons. The zero-order valence-corrected chi connectivity index (χ0v) is 9.18. The lowest BCUT2D eigenvalue weighted by molar-refractivity contribution is -0.139. The number of hydrogen-bond acceptors (Lipinski definition) is 2. The minimum absolute atomic E-state index is 0.575. The van der Waals surface area contributed by atoms with Gasteiger partial charge in [0.15, 0.2) is 0 Å². The van der Waals surface area contributed by atoms with Crippen LogP contribution < -0.4 is 0 Å². The summed E-state index contributed by atoms with van der Waals surface area (Å²) in [7, 11) is 0. The minimum atomic E-state index is -0.890. The molecule has 0 bridgehead atoms. The van der Waals surface area contributed by atoms with E-state index in [1.54, 1.807) is 38.1 Å². The molecule has 0 saturated carbocycles. The van der Waals surface area contributed by atoms with E-state index < -0.39 is 23.8 Å². The van der Waals surface area contributed by atoms with Gasteiger partial charge >= 0.3 is 11.9 Å². The predicted molar refractivity (Wildman–Crippen MR) is 58.5 cm³/mol. The topological polar surface area (TPSA) is 74.6 Å². The van der Waals surface area contributed by atoms with Crippen molar-refractivity contribution in [2.24, 2.45) is 0 Å². The smallest absolute Gasteiger partial charge is 0.310 e. The molecule has 0 heterocycles. The largest absolute Gasteiger partial charge is 0.481 e. The number of carboxylic acids is 2. The number of carbonyl (C=O) groups is 2. The first kappa shape index (κ1) is 12.2. The molecule has 0 aliphatic carbocycles. The molecule has 4 nitrogen and oxygen atoms in total. The molecule has 2 N–H and O–H groups in total. The van der Waals surface area contributed by atoms with Crippen molar-refractivity contribution in [2.45, 2.75) is 25.7 Å². The van der Waals surface area contributed by atoms with Crippen molar-refractivity contribution >= 4 is 11.9 Å². The molecule has 0 fully saturated rings. The molecular formula is C12H14O4. The molecule has 86 valence electrons. The lowest BCUT2D eigenvalue weighted by Crippen LogP contribution is -2.09.